The number of carbonyl (C=O) groups is 2. The molecule has 4 rings (SSSR count). The number of hydrogen-bond donors (Lipinski definition) is 5. The molecule has 9 nitrogen and oxygen atoms in total. The van der Waals surface area contributed by atoms with Crippen LogP contribution in [0.3, 0.4) is 0 Å². The molecular formula is C27H32ClFN2O7S. The van der Waals surface area contributed by atoms with E-state index in [4.69, 9.17) is 11.6 Å². The highest BCUT2D eigenvalue weighted by Gasteiger charge is 2.62. The molecule has 0 heterocycles. The van der Waals surface area contributed by atoms with Gasteiger partial charge in [-0.05, 0) is 93.3 Å². The quantitative estimate of drug-likeness (QED) is 0.321. The lowest BCUT2D eigenvalue weighted by Gasteiger charge is -2.46. The Kier molecular flexibility index (Phi) is 8.13. The molecule has 2 aromatic carbocycles. The van der Waals surface area contributed by atoms with E-state index in [1.165, 1.54) is 37.3 Å². The number of anilines is 1. The van der Waals surface area contributed by atoms with Gasteiger partial charge in [-0.15, -0.1) is 0 Å². The van der Waals surface area contributed by atoms with Crippen LogP contribution in [0, 0.1) is 24.6 Å². The number of fused-ring (bicyclic) bond motifs is 2. The Morgan fingerprint density at radius 3 is 2.36 bits per heavy atom. The highest BCUT2D eigenvalue weighted by molar-refractivity contribution is 7.92. The van der Waals surface area contributed by atoms with Crippen LogP contribution in [0.5, 0.6) is 0 Å². The van der Waals surface area contributed by atoms with Crippen molar-refractivity contribution in [2.24, 2.45) is 11.8 Å². The van der Waals surface area contributed by atoms with E-state index in [-0.39, 0.29) is 36.4 Å². The summed E-state index contributed by atoms with van der Waals surface area (Å²) in [6.07, 6.45) is -0.804. The van der Waals surface area contributed by atoms with E-state index in [2.05, 4.69) is 10.6 Å². The van der Waals surface area contributed by atoms with Crippen molar-refractivity contribution in [1.29, 1.82) is 0 Å². The van der Waals surface area contributed by atoms with E-state index in [0.717, 1.165) is 6.07 Å². The van der Waals surface area contributed by atoms with E-state index in [9.17, 15) is 37.7 Å². The van der Waals surface area contributed by atoms with Gasteiger partial charge in [0.25, 0.3) is 5.91 Å². The summed E-state index contributed by atoms with van der Waals surface area (Å²) < 4.78 is 41.1. The third-order valence-corrected chi connectivity index (χ3v) is 10.5. The van der Waals surface area contributed by atoms with Gasteiger partial charge in [0.05, 0.1) is 28.0 Å². The lowest BCUT2D eigenvalue weighted by atomic mass is 9.71. The summed E-state index contributed by atoms with van der Waals surface area (Å²) in [6.45, 7) is 3.07. The van der Waals surface area contributed by atoms with Gasteiger partial charge < -0.3 is 26.0 Å². The Balaban J connectivity index is 1.56. The Morgan fingerprint density at radius 1 is 1.13 bits per heavy atom. The molecule has 2 aromatic rings. The van der Waals surface area contributed by atoms with E-state index in [1.807, 2.05) is 0 Å². The van der Waals surface area contributed by atoms with Gasteiger partial charge in [-0.1, -0.05) is 11.6 Å². The number of sulfone groups is 1. The van der Waals surface area contributed by atoms with Gasteiger partial charge in [-0.3, -0.25) is 9.59 Å². The van der Waals surface area contributed by atoms with Crippen molar-refractivity contribution >= 4 is 38.9 Å². The van der Waals surface area contributed by atoms with Crippen molar-refractivity contribution in [2.75, 3.05) is 11.9 Å². The second kappa shape index (κ2) is 10.8. The van der Waals surface area contributed by atoms with Crippen LogP contribution in [0.25, 0.3) is 0 Å². The van der Waals surface area contributed by atoms with E-state index >= 15 is 0 Å². The fourth-order valence-electron chi connectivity index (χ4n) is 5.72. The molecule has 39 heavy (non-hydrogen) atoms. The van der Waals surface area contributed by atoms with Crippen molar-refractivity contribution in [3.63, 3.8) is 0 Å². The van der Waals surface area contributed by atoms with Crippen molar-refractivity contribution in [2.45, 2.75) is 67.5 Å². The van der Waals surface area contributed by atoms with Gasteiger partial charge in [0.2, 0.25) is 15.7 Å². The number of aryl methyl sites for hydroxylation is 1. The summed E-state index contributed by atoms with van der Waals surface area (Å²) in [5.41, 5.74) is -0.892. The molecule has 3 unspecified atom stereocenters. The van der Waals surface area contributed by atoms with Gasteiger partial charge in [0.1, 0.15) is 5.82 Å². The van der Waals surface area contributed by atoms with Gasteiger partial charge in [-0.25, -0.2) is 12.8 Å². The summed E-state index contributed by atoms with van der Waals surface area (Å²) in [4.78, 5) is 22.6. The molecule has 0 aliphatic heterocycles. The molecule has 2 saturated carbocycles. The molecule has 2 amide bonds. The first kappa shape index (κ1) is 29.4. The van der Waals surface area contributed by atoms with Gasteiger partial charge in [-0.2, -0.15) is 0 Å². The van der Waals surface area contributed by atoms with E-state index < -0.39 is 60.8 Å². The predicted molar refractivity (Wildman–Crippen MR) is 142 cm³/mol. The minimum absolute atomic E-state index is 0.0196. The van der Waals surface area contributed by atoms with Crippen LogP contribution in [0.15, 0.2) is 41.3 Å². The molecule has 0 spiro atoms. The average molecular weight is 583 g/mol. The molecule has 5 N–H and O–H groups in total. The second-order valence-corrected chi connectivity index (χ2v) is 13.3. The smallest absolute Gasteiger partial charge is 0.255 e. The molecule has 2 fully saturated rings. The zero-order valence-corrected chi connectivity index (χ0v) is 23.2. The zero-order chi connectivity index (χ0) is 28.8. The number of carbonyl (C=O) groups excluding carboxylic acids is 2. The van der Waals surface area contributed by atoms with Crippen LogP contribution in [0.4, 0.5) is 10.1 Å². The number of halogens is 2. The minimum atomic E-state index is -4.51. The maximum absolute atomic E-state index is 13.8. The fraction of sp³-hybridized carbons (Fsp3) is 0.481. The zero-order valence-electron chi connectivity index (χ0n) is 21.6. The summed E-state index contributed by atoms with van der Waals surface area (Å²) in [6, 6.07) is 7.70. The lowest BCUT2D eigenvalue weighted by molar-refractivity contribution is -0.140. The molecule has 2 aliphatic carbocycles. The maximum atomic E-state index is 13.8. The molecular weight excluding hydrogens is 551 g/mol. The molecule has 5 atom stereocenters. The van der Waals surface area contributed by atoms with Crippen LogP contribution in [0.1, 0.15) is 54.9 Å². The molecule has 2 bridgehead atoms. The topological polar surface area (TPSA) is 153 Å². The Bertz CT molecular complexity index is 1380. The number of hydrogen-bond acceptors (Lipinski definition) is 7. The maximum Gasteiger partial charge on any atom is 0.255 e. The SMILES string of the molecule is Cc1cc(NC(=O)c2ccc(Cl)c(S(=O)(=O)C3(O)CC4CC[C@@H](C3)C4(O)CC(=O)NC[C@@H](C)O)c2)ccc1F. The number of aliphatic hydroxyl groups is 3. The van der Waals surface area contributed by atoms with Crippen molar-refractivity contribution < 1.29 is 37.7 Å². The first-order valence-electron chi connectivity index (χ1n) is 12.7. The van der Waals surface area contributed by atoms with Crippen LogP contribution in [-0.4, -0.2) is 58.7 Å². The summed E-state index contributed by atoms with van der Waals surface area (Å²) >= 11 is 6.25. The Morgan fingerprint density at radius 2 is 1.77 bits per heavy atom. The molecule has 212 valence electrons. The molecule has 0 radical (unpaired) electrons. The highest BCUT2D eigenvalue weighted by Crippen LogP contribution is 2.56. The number of benzene rings is 2. The number of nitrogens with one attached hydrogen (secondary N) is 2. The van der Waals surface area contributed by atoms with Crippen LogP contribution in [-0.2, 0) is 14.6 Å². The van der Waals surface area contributed by atoms with Gasteiger partial charge in [0, 0.05) is 17.8 Å². The van der Waals surface area contributed by atoms with Crippen molar-refractivity contribution in [3.05, 3.63) is 58.4 Å². The molecule has 0 aromatic heterocycles. The Hall–Kier alpha value is -2.57. The normalized spacial score (nSPS) is 27.2. The van der Waals surface area contributed by atoms with Gasteiger partial charge >= 0.3 is 0 Å². The fourth-order valence-corrected chi connectivity index (χ4v) is 8.00. The van der Waals surface area contributed by atoms with E-state index in [1.54, 1.807) is 6.92 Å². The number of amides is 2. The van der Waals surface area contributed by atoms with Gasteiger partial charge in [0.15, 0.2) is 4.93 Å². The van der Waals surface area contributed by atoms with Crippen LogP contribution < -0.4 is 10.6 Å². The first-order valence-corrected chi connectivity index (χ1v) is 14.5. The Labute approximate surface area is 231 Å². The summed E-state index contributed by atoms with van der Waals surface area (Å²) in [5, 5.41) is 37.2. The van der Waals surface area contributed by atoms with Crippen molar-refractivity contribution in [1.82, 2.24) is 5.32 Å². The third-order valence-electron chi connectivity index (χ3n) is 7.85. The molecule has 2 aliphatic rings. The second-order valence-electron chi connectivity index (χ2n) is 10.7. The average Bonchev–Trinajstić information content (AvgIpc) is 3.01. The minimum Gasteiger partial charge on any atom is -0.392 e. The highest BCUT2D eigenvalue weighted by atomic mass is 35.5. The summed E-state index contributed by atoms with van der Waals surface area (Å²) in [7, 11) is -4.51. The monoisotopic (exact) mass is 582 g/mol. The summed E-state index contributed by atoms with van der Waals surface area (Å²) in [5.74, 6) is -2.89. The van der Waals surface area contributed by atoms with E-state index in [0.29, 0.717) is 24.1 Å². The van der Waals surface area contributed by atoms with Crippen LogP contribution in [0.2, 0.25) is 5.02 Å². The number of aliphatic hydroxyl groups excluding tert-OH is 1. The molecule has 12 heteroatoms. The largest absolute Gasteiger partial charge is 0.392 e. The van der Waals surface area contributed by atoms with Crippen molar-refractivity contribution in [3.8, 4) is 0 Å². The number of rotatable bonds is 8. The first-order chi connectivity index (χ1) is 18.2. The molecule has 0 saturated heterocycles. The third kappa shape index (κ3) is 5.69. The standard InChI is InChI=1S/C27H32ClFN2O7S/c1-15-9-20(6-8-22(15)29)31-25(34)17-3-7-21(28)23(10-17)39(37,38)26(35)11-18-4-5-19(12-26)27(18,36)13-24(33)30-14-16(2)32/h3,6-10,16,18-19,32,35-36H,4-5,11-14H2,1-2H3,(H,30,33)(H,31,34)/t16-,18+,19?,26?,27?/m1/s1. The predicted octanol–water partition coefficient (Wildman–Crippen LogP) is 2.94. The van der Waals surface area contributed by atoms with Crippen LogP contribution >= 0.6 is 11.6 Å². The lowest BCUT2D eigenvalue weighted by Crippen LogP contribution is -2.56.